The summed E-state index contributed by atoms with van der Waals surface area (Å²) in [6, 6.07) is 33.7. The van der Waals surface area contributed by atoms with Crippen molar-refractivity contribution in [3.8, 4) is 16.8 Å². The highest BCUT2D eigenvalue weighted by atomic mass is 35.5. The molecule has 26 heavy (non-hydrogen) atoms. The van der Waals surface area contributed by atoms with Crippen molar-refractivity contribution < 1.29 is 0 Å². The van der Waals surface area contributed by atoms with Gasteiger partial charge in [0.1, 0.15) is 0 Å². The lowest BCUT2D eigenvalue weighted by atomic mass is 10.0. The molecule has 0 N–H and O–H groups in total. The zero-order valence-corrected chi connectivity index (χ0v) is 14.8. The quantitative estimate of drug-likeness (QED) is 0.319. The second-order valence-corrected chi connectivity index (χ2v) is 6.81. The summed E-state index contributed by atoms with van der Waals surface area (Å²) in [5.74, 6) is 0. The Balaban J connectivity index is 1.91. The number of benzene rings is 4. The Bertz CT molecular complexity index is 1220. The maximum Gasteiger partial charge on any atom is 0.0556 e. The molecule has 5 rings (SSSR count). The molecule has 1 heterocycles. The molecule has 1 aromatic heterocycles. The standard InChI is InChI=1S/C24H16ClN/c25-21-12-7-13-22-24(21)20-15-14-18(17-8-3-1-4-9-17)16-23(20)26(22)19-10-5-2-6-11-19/h1-16H. The number of fused-ring (bicyclic) bond motifs is 3. The normalized spacial score (nSPS) is 11.3. The first-order valence-corrected chi connectivity index (χ1v) is 9.04. The zero-order chi connectivity index (χ0) is 17.5. The van der Waals surface area contributed by atoms with Crippen LogP contribution >= 0.6 is 11.6 Å². The molecule has 2 heteroatoms. The number of hydrogen-bond acceptors (Lipinski definition) is 0. The summed E-state index contributed by atoms with van der Waals surface area (Å²) >= 11 is 6.58. The van der Waals surface area contributed by atoms with Crippen LogP contribution in [0.3, 0.4) is 0 Å². The van der Waals surface area contributed by atoms with Crippen molar-refractivity contribution in [3.05, 3.63) is 102 Å². The van der Waals surface area contributed by atoms with Gasteiger partial charge in [-0.15, -0.1) is 0 Å². The Labute approximate surface area is 157 Å². The topological polar surface area (TPSA) is 4.93 Å². The highest BCUT2D eigenvalue weighted by Gasteiger charge is 2.15. The van der Waals surface area contributed by atoms with E-state index in [-0.39, 0.29) is 0 Å². The molecule has 5 aromatic rings. The average Bonchev–Trinajstić information content (AvgIpc) is 3.04. The van der Waals surface area contributed by atoms with Gasteiger partial charge < -0.3 is 4.57 Å². The Morgan fingerprint density at radius 1 is 0.577 bits per heavy atom. The second-order valence-electron chi connectivity index (χ2n) is 6.40. The predicted molar refractivity (Wildman–Crippen MR) is 111 cm³/mol. The maximum atomic E-state index is 6.58. The third-order valence-corrected chi connectivity index (χ3v) is 5.18. The lowest BCUT2D eigenvalue weighted by Gasteiger charge is -2.08. The molecule has 4 aromatic carbocycles. The van der Waals surface area contributed by atoms with Gasteiger partial charge in [0.05, 0.1) is 16.1 Å². The van der Waals surface area contributed by atoms with Crippen LogP contribution in [0.1, 0.15) is 0 Å². The Morgan fingerprint density at radius 2 is 1.31 bits per heavy atom. The van der Waals surface area contributed by atoms with E-state index in [1.807, 2.05) is 24.3 Å². The van der Waals surface area contributed by atoms with Gasteiger partial charge in [-0.2, -0.15) is 0 Å². The van der Waals surface area contributed by atoms with Gasteiger partial charge >= 0.3 is 0 Å². The summed E-state index contributed by atoms with van der Waals surface area (Å²) in [6.45, 7) is 0. The minimum absolute atomic E-state index is 0.787. The van der Waals surface area contributed by atoms with Crippen LogP contribution < -0.4 is 0 Å². The van der Waals surface area contributed by atoms with Crippen molar-refractivity contribution in [2.24, 2.45) is 0 Å². The summed E-state index contributed by atoms with van der Waals surface area (Å²) in [5, 5.41) is 3.07. The first-order valence-electron chi connectivity index (χ1n) is 8.66. The molecule has 0 fully saturated rings. The molecule has 0 bridgehead atoms. The van der Waals surface area contributed by atoms with Gasteiger partial charge in [-0.1, -0.05) is 78.3 Å². The first-order chi connectivity index (χ1) is 12.8. The van der Waals surface area contributed by atoms with Crippen molar-refractivity contribution in [3.63, 3.8) is 0 Å². The number of aromatic nitrogens is 1. The summed E-state index contributed by atoms with van der Waals surface area (Å²) in [4.78, 5) is 0. The van der Waals surface area contributed by atoms with Crippen molar-refractivity contribution in [2.75, 3.05) is 0 Å². The molecule has 0 aliphatic carbocycles. The molecule has 0 unspecified atom stereocenters. The molecular weight excluding hydrogens is 338 g/mol. The molecule has 0 saturated carbocycles. The summed E-state index contributed by atoms with van der Waals surface area (Å²) in [7, 11) is 0. The number of halogens is 1. The highest BCUT2D eigenvalue weighted by Crippen LogP contribution is 2.37. The Kier molecular flexibility index (Phi) is 3.55. The SMILES string of the molecule is Clc1cccc2c1c1ccc(-c3ccccc3)cc1n2-c1ccccc1. The fraction of sp³-hybridized carbons (Fsp3) is 0. The summed E-state index contributed by atoms with van der Waals surface area (Å²) in [6.07, 6.45) is 0. The summed E-state index contributed by atoms with van der Waals surface area (Å²) in [5.41, 5.74) is 5.85. The molecule has 0 aliphatic rings. The maximum absolute atomic E-state index is 6.58. The van der Waals surface area contributed by atoms with Gasteiger partial charge in [0.25, 0.3) is 0 Å². The van der Waals surface area contributed by atoms with Crippen LogP contribution in [0.25, 0.3) is 38.6 Å². The van der Waals surface area contributed by atoms with Gasteiger partial charge in [-0.3, -0.25) is 0 Å². The predicted octanol–water partition coefficient (Wildman–Crippen LogP) is 7.10. The zero-order valence-electron chi connectivity index (χ0n) is 14.1. The Hall–Kier alpha value is -3.03. The second kappa shape index (κ2) is 6.05. The van der Waals surface area contributed by atoms with Crippen molar-refractivity contribution in [2.45, 2.75) is 0 Å². The number of para-hydroxylation sites is 1. The van der Waals surface area contributed by atoms with Crippen LogP contribution in [-0.2, 0) is 0 Å². The molecule has 0 amide bonds. The van der Waals surface area contributed by atoms with Crippen molar-refractivity contribution in [1.29, 1.82) is 0 Å². The van der Waals surface area contributed by atoms with Crippen LogP contribution in [0.15, 0.2) is 97.1 Å². The van der Waals surface area contributed by atoms with E-state index < -0.39 is 0 Å². The van der Waals surface area contributed by atoms with Crippen molar-refractivity contribution >= 4 is 33.4 Å². The highest BCUT2D eigenvalue weighted by molar-refractivity contribution is 6.38. The molecule has 0 spiro atoms. The smallest absolute Gasteiger partial charge is 0.0556 e. The lowest BCUT2D eigenvalue weighted by molar-refractivity contribution is 1.18. The van der Waals surface area contributed by atoms with E-state index >= 15 is 0 Å². The lowest BCUT2D eigenvalue weighted by Crippen LogP contribution is -1.93. The molecule has 0 aliphatic heterocycles. The van der Waals surface area contributed by atoms with Crippen molar-refractivity contribution in [1.82, 2.24) is 4.57 Å². The third-order valence-electron chi connectivity index (χ3n) is 4.86. The molecule has 0 saturated heterocycles. The van der Waals surface area contributed by atoms with E-state index in [2.05, 4.69) is 77.4 Å². The number of nitrogens with zero attached hydrogens (tertiary/aromatic N) is 1. The van der Waals surface area contributed by atoms with Crippen LogP contribution in [-0.4, -0.2) is 4.57 Å². The van der Waals surface area contributed by atoms with Crippen LogP contribution in [0.4, 0.5) is 0 Å². The van der Waals surface area contributed by atoms with Crippen LogP contribution in [0, 0.1) is 0 Å². The van der Waals surface area contributed by atoms with E-state index in [0.29, 0.717) is 0 Å². The van der Waals surface area contributed by atoms with Gasteiger partial charge in [0.2, 0.25) is 0 Å². The minimum atomic E-state index is 0.787. The van der Waals surface area contributed by atoms with E-state index in [1.165, 1.54) is 22.0 Å². The van der Waals surface area contributed by atoms with Gasteiger partial charge in [0, 0.05) is 16.5 Å². The largest absolute Gasteiger partial charge is 0.309 e. The van der Waals surface area contributed by atoms with E-state index in [0.717, 1.165) is 21.6 Å². The fourth-order valence-electron chi connectivity index (χ4n) is 3.69. The van der Waals surface area contributed by atoms with Crippen LogP contribution in [0.2, 0.25) is 5.02 Å². The molecule has 1 nitrogen and oxygen atoms in total. The van der Waals surface area contributed by atoms with E-state index in [4.69, 9.17) is 11.6 Å². The average molecular weight is 354 g/mol. The third kappa shape index (κ3) is 2.33. The number of rotatable bonds is 2. The monoisotopic (exact) mass is 353 g/mol. The fourth-order valence-corrected chi connectivity index (χ4v) is 3.96. The molecule has 0 atom stereocenters. The van der Waals surface area contributed by atoms with Gasteiger partial charge in [-0.25, -0.2) is 0 Å². The number of hydrogen-bond donors (Lipinski definition) is 0. The molecular formula is C24H16ClN. The first kappa shape index (κ1) is 15.2. The van der Waals surface area contributed by atoms with E-state index in [1.54, 1.807) is 0 Å². The Morgan fingerprint density at radius 3 is 2.08 bits per heavy atom. The van der Waals surface area contributed by atoms with Crippen LogP contribution in [0.5, 0.6) is 0 Å². The summed E-state index contributed by atoms with van der Waals surface area (Å²) < 4.78 is 2.29. The molecule has 124 valence electrons. The minimum Gasteiger partial charge on any atom is -0.309 e. The van der Waals surface area contributed by atoms with Gasteiger partial charge in [0.15, 0.2) is 0 Å². The van der Waals surface area contributed by atoms with Gasteiger partial charge in [-0.05, 0) is 41.5 Å². The van der Waals surface area contributed by atoms with E-state index in [9.17, 15) is 0 Å². The molecule has 0 radical (unpaired) electrons.